The van der Waals surface area contributed by atoms with Gasteiger partial charge in [-0.15, -0.1) is 0 Å². The van der Waals surface area contributed by atoms with Gasteiger partial charge in [0.1, 0.15) is 11.6 Å². The lowest BCUT2D eigenvalue weighted by Crippen LogP contribution is -2.32. The Hall–Kier alpha value is -1.50. The number of nitrogens with one attached hydrogen (secondary N) is 1. The minimum Gasteiger partial charge on any atom is -0.271 e. The Morgan fingerprint density at radius 2 is 2.05 bits per heavy atom. The predicted octanol–water partition coefficient (Wildman–Crippen LogP) is 2.95. The molecule has 1 atom stereocenters. The third-order valence-corrected chi connectivity index (χ3v) is 3.28. The van der Waals surface area contributed by atoms with E-state index in [9.17, 15) is 8.78 Å². The van der Waals surface area contributed by atoms with Gasteiger partial charge < -0.3 is 0 Å². The normalized spacial score (nSPS) is 12.9. The molecule has 0 bridgehead atoms. The van der Waals surface area contributed by atoms with Gasteiger partial charge in [0, 0.05) is 17.7 Å². The van der Waals surface area contributed by atoms with Crippen LogP contribution in [0.25, 0.3) is 0 Å². The second-order valence-electron chi connectivity index (χ2n) is 4.68. The van der Waals surface area contributed by atoms with Crippen molar-refractivity contribution < 1.29 is 8.78 Å². The zero-order valence-electron chi connectivity index (χ0n) is 11.1. The van der Waals surface area contributed by atoms with Crippen LogP contribution in [0.4, 0.5) is 8.78 Å². The van der Waals surface area contributed by atoms with Crippen LogP contribution >= 0.6 is 11.6 Å². The number of rotatable bonds is 4. The van der Waals surface area contributed by atoms with Crippen molar-refractivity contribution in [2.75, 3.05) is 0 Å². The minimum atomic E-state index is -0.715. The largest absolute Gasteiger partial charge is 0.271 e. The van der Waals surface area contributed by atoms with Crippen molar-refractivity contribution in [3.63, 3.8) is 0 Å². The number of benzene rings is 1. The third kappa shape index (κ3) is 2.67. The molecule has 0 aliphatic heterocycles. The van der Waals surface area contributed by atoms with Gasteiger partial charge in [-0.2, -0.15) is 5.10 Å². The van der Waals surface area contributed by atoms with E-state index >= 15 is 0 Å². The van der Waals surface area contributed by atoms with Crippen molar-refractivity contribution in [2.45, 2.75) is 25.9 Å². The predicted molar refractivity (Wildman–Crippen MR) is 73.1 cm³/mol. The first-order valence-electron chi connectivity index (χ1n) is 6.09. The van der Waals surface area contributed by atoms with E-state index in [0.717, 1.165) is 6.07 Å². The van der Waals surface area contributed by atoms with Crippen LogP contribution in [-0.4, -0.2) is 9.78 Å². The molecule has 7 heteroatoms. The quantitative estimate of drug-likeness (QED) is 0.674. The van der Waals surface area contributed by atoms with Crippen molar-refractivity contribution in [3.8, 4) is 0 Å². The Labute approximate surface area is 120 Å². The van der Waals surface area contributed by atoms with E-state index in [-0.39, 0.29) is 11.6 Å². The summed E-state index contributed by atoms with van der Waals surface area (Å²) in [4.78, 5) is 0. The van der Waals surface area contributed by atoms with E-state index in [1.54, 1.807) is 4.68 Å². The summed E-state index contributed by atoms with van der Waals surface area (Å²) in [5.74, 6) is 4.19. The van der Waals surface area contributed by atoms with E-state index in [1.165, 1.54) is 18.3 Å². The van der Waals surface area contributed by atoms with Crippen LogP contribution in [0.5, 0.6) is 0 Å². The molecular formula is C13H15ClF2N4. The van der Waals surface area contributed by atoms with Crippen molar-refractivity contribution in [3.05, 3.63) is 52.3 Å². The lowest BCUT2D eigenvalue weighted by atomic mass is 10.0. The van der Waals surface area contributed by atoms with Crippen LogP contribution in [-0.2, 0) is 0 Å². The fourth-order valence-electron chi connectivity index (χ4n) is 2.08. The van der Waals surface area contributed by atoms with Crippen LogP contribution in [0, 0.1) is 11.6 Å². The zero-order chi connectivity index (χ0) is 14.9. The third-order valence-electron chi connectivity index (χ3n) is 2.99. The number of hydrogen-bond acceptors (Lipinski definition) is 3. The Morgan fingerprint density at radius 1 is 1.35 bits per heavy atom. The molecule has 108 valence electrons. The van der Waals surface area contributed by atoms with E-state index in [4.69, 9.17) is 17.4 Å². The lowest BCUT2D eigenvalue weighted by Gasteiger charge is -2.21. The topological polar surface area (TPSA) is 55.9 Å². The summed E-state index contributed by atoms with van der Waals surface area (Å²) >= 11 is 6.12. The fraction of sp³-hybridized carbons (Fsp3) is 0.308. The Bertz CT molecular complexity index is 612. The lowest BCUT2D eigenvalue weighted by molar-refractivity contribution is 0.465. The molecule has 1 aromatic heterocycles. The highest BCUT2D eigenvalue weighted by Crippen LogP contribution is 2.31. The molecule has 3 N–H and O–H groups in total. The summed E-state index contributed by atoms with van der Waals surface area (Å²) in [6, 6.07) is 2.63. The second kappa shape index (κ2) is 5.87. The maximum Gasteiger partial charge on any atom is 0.131 e. The Balaban J connectivity index is 2.55. The van der Waals surface area contributed by atoms with Gasteiger partial charge in [-0.3, -0.25) is 10.5 Å². The van der Waals surface area contributed by atoms with Crippen LogP contribution in [0.15, 0.2) is 24.4 Å². The number of halogens is 3. The summed E-state index contributed by atoms with van der Waals surface area (Å²) in [6.07, 6.45) is 1.47. The number of aromatic nitrogens is 2. The highest BCUT2D eigenvalue weighted by Gasteiger charge is 2.25. The van der Waals surface area contributed by atoms with E-state index in [2.05, 4.69) is 10.5 Å². The first-order valence-corrected chi connectivity index (χ1v) is 6.47. The Morgan fingerprint density at radius 3 is 2.60 bits per heavy atom. The maximum atomic E-state index is 13.9. The second-order valence-corrected chi connectivity index (χ2v) is 5.09. The summed E-state index contributed by atoms with van der Waals surface area (Å²) < 4.78 is 28.6. The van der Waals surface area contributed by atoms with Gasteiger partial charge in [0.2, 0.25) is 0 Å². The standard InChI is InChI=1S/C13H15ClF2N4/c1-7(2)20-13(10(14)6-18-20)12(19-17)9-4-3-8(15)5-11(9)16/h3-7,12,19H,17H2,1-2H3. The average molecular weight is 301 g/mol. The minimum absolute atomic E-state index is 0.0249. The molecule has 0 saturated carbocycles. The van der Waals surface area contributed by atoms with E-state index in [0.29, 0.717) is 10.7 Å². The van der Waals surface area contributed by atoms with Crippen molar-refractivity contribution in [2.24, 2.45) is 5.84 Å². The zero-order valence-corrected chi connectivity index (χ0v) is 11.8. The van der Waals surface area contributed by atoms with Gasteiger partial charge in [0.05, 0.1) is 23.0 Å². The van der Waals surface area contributed by atoms with Crippen molar-refractivity contribution >= 4 is 11.6 Å². The Kier molecular flexibility index (Phi) is 4.37. The SMILES string of the molecule is CC(C)n1ncc(Cl)c1C(NN)c1ccc(F)cc1F. The molecule has 1 aromatic carbocycles. The fourth-order valence-corrected chi connectivity index (χ4v) is 2.32. The van der Waals surface area contributed by atoms with Gasteiger partial charge in [-0.1, -0.05) is 17.7 Å². The van der Waals surface area contributed by atoms with Crippen molar-refractivity contribution in [1.82, 2.24) is 15.2 Å². The molecule has 1 unspecified atom stereocenters. The molecule has 2 rings (SSSR count). The highest BCUT2D eigenvalue weighted by atomic mass is 35.5. The summed E-state index contributed by atoms with van der Waals surface area (Å²) in [5, 5.41) is 4.52. The maximum absolute atomic E-state index is 13.9. The highest BCUT2D eigenvalue weighted by molar-refractivity contribution is 6.31. The van der Waals surface area contributed by atoms with Crippen molar-refractivity contribution in [1.29, 1.82) is 0 Å². The van der Waals surface area contributed by atoms with E-state index < -0.39 is 17.7 Å². The van der Waals surface area contributed by atoms with Gasteiger partial charge >= 0.3 is 0 Å². The van der Waals surface area contributed by atoms with Crippen LogP contribution in [0.1, 0.15) is 37.2 Å². The van der Waals surface area contributed by atoms with Gasteiger partial charge in [0.25, 0.3) is 0 Å². The summed E-state index contributed by atoms with van der Waals surface area (Å²) in [6.45, 7) is 3.84. The monoisotopic (exact) mass is 300 g/mol. The number of hydrazine groups is 1. The molecule has 0 spiro atoms. The molecule has 0 aliphatic carbocycles. The van der Waals surface area contributed by atoms with Gasteiger partial charge in [-0.05, 0) is 19.9 Å². The van der Waals surface area contributed by atoms with E-state index in [1.807, 2.05) is 13.8 Å². The van der Waals surface area contributed by atoms with Crippen LogP contribution in [0.2, 0.25) is 5.02 Å². The molecule has 0 fully saturated rings. The number of nitrogens with zero attached hydrogens (tertiary/aromatic N) is 2. The molecular weight excluding hydrogens is 286 g/mol. The molecule has 0 aliphatic rings. The average Bonchev–Trinajstić information content (AvgIpc) is 2.75. The first-order chi connectivity index (χ1) is 9.45. The molecule has 20 heavy (non-hydrogen) atoms. The van der Waals surface area contributed by atoms with Gasteiger partial charge in [0.15, 0.2) is 0 Å². The first kappa shape index (κ1) is 14.9. The van der Waals surface area contributed by atoms with Gasteiger partial charge in [-0.25, -0.2) is 14.2 Å². The molecule has 0 radical (unpaired) electrons. The summed E-state index contributed by atoms with van der Waals surface area (Å²) in [7, 11) is 0. The molecule has 2 aromatic rings. The molecule has 0 amide bonds. The van der Waals surface area contributed by atoms with Crippen LogP contribution < -0.4 is 11.3 Å². The molecule has 0 saturated heterocycles. The van der Waals surface area contributed by atoms with Crippen LogP contribution in [0.3, 0.4) is 0 Å². The molecule has 4 nitrogen and oxygen atoms in total. The number of hydrogen-bond donors (Lipinski definition) is 2. The smallest absolute Gasteiger partial charge is 0.131 e. The summed E-state index contributed by atoms with van der Waals surface area (Å²) in [5.41, 5.74) is 3.25. The number of nitrogens with two attached hydrogens (primary N) is 1. The molecule has 1 heterocycles.